The van der Waals surface area contributed by atoms with Crippen molar-refractivity contribution in [1.82, 2.24) is 4.90 Å². The van der Waals surface area contributed by atoms with Crippen LogP contribution < -0.4 is 10.2 Å². The van der Waals surface area contributed by atoms with Gasteiger partial charge in [0.25, 0.3) is 5.91 Å². The van der Waals surface area contributed by atoms with Crippen molar-refractivity contribution in [3.63, 3.8) is 0 Å². The molecule has 0 spiro atoms. The highest BCUT2D eigenvalue weighted by Gasteiger charge is 2.38. The molecule has 2 aromatic carbocycles. The Labute approximate surface area is 164 Å². The molecule has 1 N–H and O–H groups in total. The predicted octanol–water partition coefficient (Wildman–Crippen LogP) is 2.38. The molecule has 0 radical (unpaired) electrons. The minimum absolute atomic E-state index is 0.0325. The lowest BCUT2D eigenvalue weighted by molar-refractivity contribution is -0.138. The topological polar surface area (TPSA) is 69.7 Å². The zero-order valence-corrected chi connectivity index (χ0v) is 15.9. The summed E-state index contributed by atoms with van der Waals surface area (Å²) < 4.78 is 0. The highest BCUT2D eigenvalue weighted by molar-refractivity contribution is 6.07. The molecule has 28 heavy (non-hydrogen) atoms. The van der Waals surface area contributed by atoms with E-state index in [1.165, 1.54) is 4.90 Å². The zero-order chi connectivity index (χ0) is 19.7. The number of likely N-dealkylation sites (tertiary alicyclic amines) is 1. The van der Waals surface area contributed by atoms with Crippen molar-refractivity contribution < 1.29 is 14.4 Å². The second-order valence-electron chi connectivity index (χ2n) is 7.28. The minimum atomic E-state index is -0.536. The summed E-state index contributed by atoms with van der Waals surface area (Å²) in [6.07, 6.45) is 1.63. The quantitative estimate of drug-likeness (QED) is 0.813. The number of amides is 3. The summed E-state index contributed by atoms with van der Waals surface area (Å²) in [7, 11) is 0. The van der Waals surface area contributed by atoms with Gasteiger partial charge in [0.1, 0.15) is 6.04 Å². The average Bonchev–Trinajstić information content (AvgIpc) is 3.22. The van der Waals surface area contributed by atoms with Crippen molar-refractivity contribution in [3.8, 4) is 0 Å². The third kappa shape index (κ3) is 3.50. The summed E-state index contributed by atoms with van der Waals surface area (Å²) in [5.74, 6) is -0.278. The molecule has 0 bridgehead atoms. The summed E-state index contributed by atoms with van der Waals surface area (Å²) in [6.45, 7) is 2.65. The van der Waals surface area contributed by atoms with Crippen LogP contribution in [0.5, 0.6) is 0 Å². The highest BCUT2D eigenvalue weighted by atomic mass is 16.2. The molecule has 2 heterocycles. The monoisotopic (exact) mass is 377 g/mol. The number of imide groups is 1. The number of carbonyl (C=O) groups excluding carboxylic acids is 3. The lowest BCUT2D eigenvalue weighted by Crippen LogP contribution is -2.36. The molecule has 144 valence electrons. The lowest BCUT2D eigenvalue weighted by Gasteiger charge is -2.17. The van der Waals surface area contributed by atoms with Gasteiger partial charge in [0.2, 0.25) is 11.8 Å². The van der Waals surface area contributed by atoms with Gasteiger partial charge in [-0.1, -0.05) is 30.3 Å². The van der Waals surface area contributed by atoms with Gasteiger partial charge >= 0.3 is 0 Å². The maximum atomic E-state index is 12.7. The van der Waals surface area contributed by atoms with Crippen molar-refractivity contribution in [2.24, 2.45) is 0 Å². The summed E-state index contributed by atoms with van der Waals surface area (Å²) in [5.41, 5.74) is 3.92. The van der Waals surface area contributed by atoms with Crippen LogP contribution in [0.2, 0.25) is 0 Å². The molecule has 0 aliphatic carbocycles. The number of nitrogens with zero attached hydrogens (tertiary/aromatic N) is 2. The average molecular weight is 377 g/mol. The Morgan fingerprint density at radius 3 is 2.68 bits per heavy atom. The van der Waals surface area contributed by atoms with E-state index in [0.29, 0.717) is 19.5 Å². The van der Waals surface area contributed by atoms with Crippen molar-refractivity contribution in [3.05, 3.63) is 59.7 Å². The first kappa shape index (κ1) is 18.2. The maximum absolute atomic E-state index is 12.7. The number of nitrogens with one attached hydrogen (secondary N) is 1. The Bertz CT molecular complexity index is 926. The van der Waals surface area contributed by atoms with Crippen LogP contribution in [0.15, 0.2) is 48.5 Å². The van der Waals surface area contributed by atoms with Gasteiger partial charge < -0.3 is 10.2 Å². The van der Waals surface area contributed by atoms with Crippen LogP contribution in [0, 0.1) is 0 Å². The fraction of sp³-hybridized carbons (Fsp3) is 0.318. The van der Waals surface area contributed by atoms with Gasteiger partial charge in [-0.15, -0.1) is 0 Å². The Morgan fingerprint density at radius 1 is 1.14 bits per heavy atom. The second kappa shape index (κ2) is 7.46. The van der Waals surface area contributed by atoms with Gasteiger partial charge in [0.15, 0.2) is 0 Å². The van der Waals surface area contributed by atoms with Gasteiger partial charge in [-0.25, -0.2) is 0 Å². The molecule has 2 aliphatic rings. The Balaban J connectivity index is 1.41. The van der Waals surface area contributed by atoms with Crippen molar-refractivity contribution >= 4 is 29.1 Å². The first-order chi connectivity index (χ1) is 13.5. The minimum Gasteiger partial charge on any atom is -0.373 e. The first-order valence-corrected chi connectivity index (χ1v) is 9.58. The lowest BCUT2D eigenvalue weighted by atomic mass is 10.1. The Kier molecular flexibility index (Phi) is 4.86. The predicted molar refractivity (Wildman–Crippen MR) is 107 cm³/mol. The summed E-state index contributed by atoms with van der Waals surface area (Å²) >= 11 is 0. The van der Waals surface area contributed by atoms with E-state index in [1.54, 1.807) is 11.8 Å². The third-order valence-corrected chi connectivity index (χ3v) is 5.41. The Morgan fingerprint density at radius 2 is 1.93 bits per heavy atom. The Hall–Kier alpha value is -3.15. The normalized spacial score (nSPS) is 18.5. The number of hydrogen-bond acceptors (Lipinski definition) is 4. The molecule has 2 aliphatic heterocycles. The van der Waals surface area contributed by atoms with Crippen LogP contribution in [-0.4, -0.2) is 41.8 Å². The van der Waals surface area contributed by atoms with E-state index in [0.717, 1.165) is 28.9 Å². The van der Waals surface area contributed by atoms with Crippen LogP contribution >= 0.6 is 0 Å². The van der Waals surface area contributed by atoms with Crippen molar-refractivity contribution in [2.75, 3.05) is 23.3 Å². The molecular weight excluding hydrogens is 354 g/mol. The second-order valence-corrected chi connectivity index (χ2v) is 7.28. The van der Waals surface area contributed by atoms with Crippen molar-refractivity contribution in [2.45, 2.75) is 32.2 Å². The van der Waals surface area contributed by atoms with E-state index in [4.69, 9.17) is 0 Å². The summed E-state index contributed by atoms with van der Waals surface area (Å²) in [5, 5.41) is 3.21. The molecule has 6 nitrogen and oxygen atoms in total. The number of anilines is 2. The van der Waals surface area contributed by atoms with E-state index >= 15 is 0 Å². The number of fused-ring (bicyclic) bond motifs is 1. The van der Waals surface area contributed by atoms with Gasteiger partial charge in [-0.2, -0.15) is 0 Å². The van der Waals surface area contributed by atoms with Crippen LogP contribution in [0.3, 0.4) is 0 Å². The smallest absolute Gasteiger partial charge is 0.252 e. The van der Waals surface area contributed by atoms with Crippen LogP contribution in [-0.2, 0) is 27.2 Å². The SMILES string of the molecule is CC(=O)N1CCc2cc(N[C@H]3CC(=O)N(CCc4ccccc4)C3=O)ccc21. The van der Waals surface area contributed by atoms with Gasteiger partial charge in [0.05, 0.1) is 6.42 Å². The number of hydrogen-bond donors (Lipinski definition) is 1. The molecular formula is C22H23N3O3. The molecule has 6 heteroatoms. The third-order valence-electron chi connectivity index (χ3n) is 5.41. The molecule has 0 saturated carbocycles. The van der Waals surface area contributed by atoms with Gasteiger partial charge in [-0.3, -0.25) is 19.3 Å². The fourth-order valence-electron chi connectivity index (χ4n) is 3.94. The van der Waals surface area contributed by atoms with Crippen molar-refractivity contribution in [1.29, 1.82) is 0 Å². The molecule has 1 atom stereocenters. The molecule has 4 rings (SSSR count). The van der Waals surface area contributed by atoms with Crippen LogP contribution in [0.4, 0.5) is 11.4 Å². The van der Waals surface area contributed by atoms with E-state index < -0.39 is 6.04 Å². The molecule has 1 fully saturated rings. The van der Waals surface area contributed by atoms with Gasteiger partial charge in [-0.05, 0) is 42.2 Å². The molecule has 0 unspecified atom stereocenters. The number of rotatable bonds is 5. The molecule has 2 aromatic rings. The van der Waals surface area contributed by atoms with Gasteiger partial charge in [0, 0.05) is 31.4 Å². The standard InChI is InChI=1S/C22H23N3O3/c1-15(26)24-12-10-17-13-18(7-8-20(17)24)23-19-14-21(27)25(22(19)28)11-9-16-5-3-2-4-6-16/h2-8,13,19,23H,9-12,14H2,1H3/t19-/m0/s1. The fourth-order valence-corrected chi connectivity index (χ4v) is 3.94. The van der Waals surface area contributed by atoms with E-state index in [-0.39, 0.29) is 24.1 Å². The number of benzene rings is 2. The van der Waals surface area contributed by atoms with E-state index in [2.05, 4.69) is 5.32 Å². The zero-order valence-electron chi connectivity index (χ0n) is 15.9. The summed E-state index contributed by atoms with van der Waals surface area (Å²) in [6, 6.07) is 15.1. The largest absolute Gasteiger partial charge is 0.373 e. The molecule has 1 saturated heterocycles. The van der Waals surface area contributed by atoms with Crippen LogP contribution in [0.25, 0.3) is 0 Å². The highest BCUT2D eigenvalue weighted by Crippen LogP contribution is 2.31. The first-order valence-electron chi connectivity index (χ1n) is 9.58. The van der Waals surface area contributed by atoms with E-state index in [1.807, 2.05) is 48.5 Å². The molecule has 3 amide bonds. The maximum Gasteiger partial charge on any atom is 0.252 e. The summed E-state index contributed by atoms with van der Waals surface area (Å²) in [4.78, 5) is 39.8. The molecule has 0 aromatic heterocycles. The van der Waals surface area contributed by atoms with E-state index in [9.17, 15) is 14.4 Å². The number of carbonyl (C=O) groups is 3. The van der Waals surface area contributed by atoms with Crippen LogP contribution in [0.1, 0.15) is 24.5 Å².